The molecule has 0 amide bonds. The standard InChI is InChI=1S/C15H24ClN5/c16-13-19-14(17)21-15(20-13)18-12-9-5-4-8-11(12)10-6-2-1-3-7-10/h10-12H,1-9H2,(H3,17,18,19,20,21). The molecule has 2 saturated carbocycles. The van der Waals surface area contributed by atoms with Crippen LogP contribution in [-0.4, -0.2) is 21.0 Å². The van der Waals surface area contributed by atoms with Gasteiger partial charge >= 0.3 is 0 Å². The lowest BCUT2D eigenvalue weighted by molar-refractivity contribution is 0.180. The summed E-state index contributed by atoms with van der Waals surface area (Å²) in [6, 6.07) is 0.444. The molecule has 0 aromatic carbocycles. The SMILES string of the molecule is Nc1nc(Cl)nc(NC2CCCCC2C2CCCCC2)n1. The third-order valence-corrected chi connectivity index (χ3v) is 5.18. The van der Waals surface area contributed by atoms with Crippen molar-refractivity contribution >= 4 is 23.5 Å². The summed E-state index contributed by atoms with van der Waals surface area (Å²) in [4.78, 5) is 12.1. The number of hydrogen-bond acceptors (Lipinski definition) is 5. The molecule has 1 aromatic heterocycles. The summed E-state index contributed by atoms with van der Waals surface area (Å²) in [6.45, 7) is 0. The van der Waals surface area contributed by atoms with Crippen LogP contribution in [0.5, 0.6) is 0 Å². The van der Waals surface area contributed by atoms with E-state index in [2.05, 4.69) is 20.3 Å². The van der Waals surface area contributed by atoms with Gasteiger partial charge < -0.3 is 11.1 Å². The Morgan fingerprint density at radius 2 is 1.62 bits per heavy atom. The number of aromatic nitrogens is 3. The molecule has 2 aliphatic rings. The van der Waals surface area contributed by atoms with E-state index in [4.69, 9.17) is 17.3 Å². The lowest BCUT2D eigenvalue weighted by Gasteiger charge is -2.39. The fourth-order valence-corrected chi connectivity index (χ4v) is 4.23. The van der Waals surface area contributed by atoms with E-state index in [0.717, 1.165) is 11.8 Å². The lowest BCUT2D eigenvalue weighted by Crippen LogP contribution is -2.38. The topological polar surface area (TPSA) is 76.7 Å². The largest absolute Gasteiger partial charge is 0.368 e. The Balaban J connectivity index is 1.71. The molecule has 2 atom stereocenters. The average molecular weight is 310 g/mol. The second-order valence-corrected chi connectivity index (χ2v) is 6.72. The summed E-state index contributed by atoms with van der Waals surface area (Å²) in [5.74, 6) is 2.30. The van der Waals surface area contributed by atoms with Gasteiger partial charge in [-0.25, -0.2) is 0 Å². The number of nitrogens with zero attached hydrogens (tertiary/aromatic N) is 3. The number of halogens is 1. The Bertz CT molecular complexity index is 455. The van der Waals surface area contributed by atoms with E-state index in [1.165, 1.54) is 57.8 Å². The molecule has 0 aliphatic heterocycles. The molecule has 3 N–H and O–H groups in total. The van der Waals surface area contributed by atoms with Gasteiger partial charge in [-0.05, 0) is 36.3 Å². The van der Waals surface area contributed by atoms with E-state index in [1.807, 2.05) is 0 Å². The molecule has 2 aliphatic carbocycles. The first-order chi connectivity index (χ1) is 10.2. The zero-order valence-corrected chi connectivity index (χ0v) is 13.1. The first kappa shape index (κ1) is 14.8. The Morgan fingerprint density at radius 1 is 0.905 bits per heavy atom. The van der Waals surface area contributed by atoms with Gasteiger partial charge in [0.2, 0.25) is 17.2 Å². The monoisotopic (exact) mass is 309 g/mol. The summed E-state index contributed by atoms with van der Waals surface area (Å²) in [6.07, 6.45) is 12.1. The zero-order chi connectivity index (χ0) is 14.7. The molecule has 1 heterocycles. The summed E-state index contributed by atoms with van der Waals surface area (Å²) in [7, 11) is 0. The van der Waals surface area contributed by atoms with Crippen molar-refractivity contribution in [1.82, 2.24) is 15.0 Å². The van der Waals surface area contributed by atoms with Gasteiger partial charge in [0.25, 0.3) is 0 Å². The van der Waals surface area contributed by atoms with Crippen LogP contribution in [0.1, 0.15) is 57.8 Å². The molecule has 2 fully saturated rings. The van der Waals surface area contributed by atoms with Crippen molar-refractivity contribution in [2.75, 3.05) is 11.1 Å². The van der Waals surface area contributed by atoms with Gasteiger partial charge in [0.05, 0.1) is 0 Å². The predicted molar refractivity (Wildman–Crippen MR) is 85.2 cm³/mol. The summed E-state index contributed by atoms with van der Waals surface area (Å²) < 4.78 is 0. The van der Waals surface area contributed by atoms with E-state index in [0.29, 0.717) is 12.0 Å². The van der Waals surface area contributed by atoms with Crippen LogP contribution in [0.15, 0.2) is 0 Å². The summed E-state index contributed by atoms with van der Waals surface area (Å²) >= 11 is 5.87. The van der Waals surface area contributed by atoms with Crippen molar-refractivity contribution in [1.29, 1.82) is 0 Å². The minimum absolute atomic E-state index is 0.162. The second-order valence-electron chi connectivity index (χ2n) is 6.38. The number of rotatable bonds is 3. The van der Waals surface area contributed by atoms with Gasteiger partial charge in [-0.3, -0.25) is 0 Å². The third-order valence-electron chi connectivity index (χ3n) is 5.01. The van der Waals surface area contributed by atoms with Crippen molar-refractivity contribution in [2.24, 2.45) is 11.8 Å². The van der Waals surface area contributed by atoms with Crippen molar-refractivity contribution in [3.63, 3.8) is 0 Å². The molecule has 0 bridgehead atoms. The quantitative estimate of drug-likeness (QED) is 0.891. The molecule has 0 saturated heterocycles. The Kier molecular flexibility index (Phi) is 4.78. The van der Waals surface area contributed by atoms with Gasteiger partial charge in [-0.1, -0.05) is 44.9 Å². The molecule has 3 rings (SSSR count). The molecular formula is C15H24ClN5. The molecule has 6 heteroatoms. The number of anilines is 2. The molecule has 0 radical (unpaired) electrons. The number of nitrogens with two attached hydrogens (primary N) is 1. The first-order valence-corrected chi connectivity index (χ1v) is 8.54. The molecule has 5 nitrogen and oxygen atoms in total. The van der Waals surface area contributed by atoms with E-state index in [-0.39, 0.29) is 11.2 Å². The van der Waals surface area contributed by atoms with Crippen LogP contribution in [0.2, 0.25) is 5.28 Å². The van der Waals surface area contributed by atoms with Crippen molar-refractivity contribution in [3.05, 3.63) is 5.28 Å². The molecule has 0 spiro atoms. The molecule has 21 heavy (non-hydrogen) atoms. The average Bonchev–Trinajstić information content (AvgIpc) is 2.48. The molecule has 2 unspecified atom stereocenters. The second kappa shape index (κ2) is 6.77. The van der Waals surface area contributed by atoms with Crippen LogP contribution in [-0.2, 0) is 0 Å². The van der Waals surface area contributed by atoms with Gasteiger partial charge in [0.15, 0.2) is 0 Å². The number of nitrogens with one attached hydrogen (secondary N) is 1. The minimum atomic E-state index is 0.162. The highest BCUT2D eigenvalue weighted by Gasteiger charge is 2.32. The predicted octanol–water partition coefficient (Wildman–Crippen LogP) is 3.66. The number of nitrogen functional groups attached to an aromatic ring is 1. The smallest absolute Gasteiger partial charge is 0.229 e. The fourth-order valence-electron chi connectivity index (χ4n) is 4.06. The normalized spacial score (nSPS) is 27.5. The minimum Gasteiger partial charge on any atom is -0.368 e. The summed E-state index contributed by atoms with van der Waals surface area (Å²) in [5.41, 5.74) is 5.66. The summed E-state index contributed by atoms with van der Waals surface area (Å²) in [5, 5.41) is 3.65. The highest BCUT2D eigenvalue weighted by molar-refractivity contribution is 6.28. The maximum Gasteiger partial charge on any atom is 0.229 e. The van der Waals surface area contributed by atoms with Crippen LogP contribution in [0, 0.1) is 11.8 Å². The van der Waals surface area contributed by atoms with Crippen LogP contribution in [0.3, 0.4) is 0 Å². The lowest BCUT2D eigenvalue weighted by atomic mass is 9.71. The van der Waals surface area contributed by atoms with E-state index in [1.54, 1.807) is 0 Å². The van der Waals surface area contributed by atoms with Gasteiger partial charge in [-0.2, -0.15) is 15.0 Å². The van der Waals surface area contributed by atoms with E-state index >= 15 is 0 Å². The highest BCUT2D eigenvalue weighted by Crippen LogP contribution is 2.39. The fraction of sp³-hybridized carbons (Fsp3) is 0.800. The van der Waals surface area contributed by atoms with Crippen molar-refractivity contribution in [2.45, 2.75) is 63.8 Å². The highest BCUT2D eigenvalue weighted by atomic mass is 35.5. The van der Waals surface area contributed by atoms with Crippen molar-refractivity contribution in [3.8, 4) is 0 Å². The van der Waals surface area contributed by atoms with Crippen molar-refractivity contribution < 1.29 is 0 Å². The third kappa shape index (κ3) is 3.76. The van der Waals surface area contributed by atoms with Gasteiger partial charge in [0, 0.05) is 6.04 Å². The molecular weight excluding hydrogens is 286 g/mol. The van der Waals surface area contributed by atoms with E-state index in [9.17, 15) is 0 Å². The van der Waals surface area contributed by atoms with Crippen LogP contribution < -0.4 is 11.1 Å². The Labute approximate surface area is 131 Å². The maximum atomic E-state index is 5.87. The maximum absolute atomic E-state index is 5.87. The number of hydrogen-bond donors (Lipinski definition) is 2. The molecule has 116 valence electrons. The van der Waals surface area contributed by atoms with Crippen LogP contribution in [0.4, 0.5) is 11.9 Å². The first-order valence-electron chi connectivity index (χ1n) is 8.16. The molecule has 1 aromatic rings. The van der Waals surface area contributed by atoms with Gasteiger partial charge in [-0.15, -0.1) is 0 Å². The van der Waals surface area contributed by atoms with E-state index < -0.39 is 0 Å². The Morgan fingerprint density at radius 3 is 2.38 bits per heavy atom. The zero-order valence-electron chi connectivity index (χ0n) is 12.4. The van der Waals surface area contributed by atoms with Crippen LogP contribution in [0.25, 0.3) is 0 Å². The Hall–Kier alpha value is -1.10. The van der Waals surface area contributed by atoms with Gasteiger partial charge in [0.1, 0.15) is 0 Å². The van der Waals surface area contributed by atoms with Crippen LogP contribution >= 0.6 is 11.6 Å².